The van der Waals surface area contributed by atoms with Crippen LogP contribution in [-0.4, -0.2) is 53.7 Å². The first-order valence-electron chi connectivity index (χ1n) is 11.5. The molecule has 3 heterocycles. The van der Waals surface area contributed by atoms with Gasteiger partial charge in [0.15, 0.2) is 5.82 Å². The van der Waals surface area contributed by atoms with Gasteiger partial charge in [0, 0.05) is 37.1 Å². The van der Waals surface area contributed by atoms with Crippen molar-refractivity contribution in [2.24, 2.45) is 11.8 Å². The molecule has 182 valence electrons. The predicted molar refractivity (Wildman–Crippen MR) is 128 cm³/mol. The van der Waals surface area contributed by atoms with Gasteiger partial charge >= 0.3 is 0 Å². The molecule has 7 nitrogen and oxygen atoms in total. The van der Waals surface area contributed by atoms with Crippen LogP contribution in [0.4, 0.5) is 20.3 Å². The van der Waals surface area contributed by atoms with Crippen LogP contribution in [0.3, 0.4) is 0 Å². The van der Waals surface area contributed by atoms with Crippen LogP contribution in [0.15, 0.2) is 36.5 Å². The van der Waals surface area contributed by atoms with E-state index in [-0.39, 0.29) is 11.6 Å². The molecule has 1 saturated heterocycles. The SMILES string of the molecule is Cc1nnc(N[C@H](C)c2cccc(C(F)(F)CO)c2)c2cc(N(C)C[C@@H]3COC[C@@H]3C)cnc12. The topological polar surface area (TPSA) is 83.4 Å². The molecule has 0 unspecified atom stereocenters. The van der Waals surface area contributed by atoms with Gasteiger partial charge in [-0.25, -0.2) is 0 Å². The smallest absolute Gasteiger partial charge is 0.295 e. The molecular formula is C25H31F2N5O2. The summed E-state index contributed by atoms with van der Waals surface area (Å²) in [5, 5.41) is 21.7. The quantitative estimate of drug-likeness (QED) is 0.507. The van der Waals surface area contributed by atoms with Crippen LogP contribution in [0, 0.1) is 18.8 Å². The highest BCUT2D eigenvalue weighted by Crippen LogP contribution is 2.32. The lowest BCUT2D eigenvalue weighted by Gasteiger charge is -2.25. The number of nitrogens with zero attached hydrogens (tertiary/aromatic N) is 4. The summed E-state index contributed by atoms with van der Waals surface area (Å²) in [6, 6.07) is 7.76. The van der Waals surface area contributed by atoms with Gasteiger partial charge in [-0.15, -0.1) is 5.10 Å². The summed E-state index contributed by atoms with van der Waals surface area (Å²) in [7, 11) is 2.04. The summed E-state index contributed by atoms with van der Waals surface area (Å²) in [5.74, 6) is -1.79. The molecule has 0 amide bonds. The highest BCUT2D eigenvalue weighted by atomic mass is 19.3. The summed E-state index contributed by atoms with van der Waals surface area (Å²) >= 11 is 0. The van der Waals surface area contributed by atoms with Gasteiger partial charge in [-0.1, -0.05) is 25.1 Å². The number of aryl methyl sites for hydroxylation is 1. The number of pyridine rings is 1. The van der Waals surface area contributed by atoms with Gasteiger partial charge in [0.2, 0.25) is 0 Å². The van der Waals surface area contributed by atoms with Crippen LogP contribution in [0.5, 0.6) is 0 Å². The van der Waals surface area contributed by atoms with E-state index < -0.39 is 12.5 Å². The second-order valence-electron chi connectivity index (χ2n) is 9.23. The van der Waals surface area contributed by atoms with Crippen molar-refractivity contribution in [1.82, 2.24) is 15.2 Å². The molecule has 0 radical (unpaired) electrons. The van der Waals surface area contributed by atoms with Gasteiger partial charge in [0.1, 0.15) is 6.61 Å². The third-order valence-electron chi connectivity index (χ3n) is 6.60. The molecule has 1 aromatic carbocycles. The van der Waals surface area contributed by atoms with Crippen molar-refractivity contribution in [3.05, 3.63) is 53.3 Å². The van der Waals surface area contributed by atoms with Crippen molar-refractivity contribution >= 4 is 22.4 Å². The Bertz CT molecular complexity index is 1160. The number of halogens is 2. The Morgan fingerprint density at radius 2 is 2.06 bits per heavy atom. The standard InChI is InChI=1S/C25H31F2N5O2/c1-15-12-34-13-19(15)11-32(4)21-9-22-23(28-10-21)17(3)30-31-24(22)29-16(2)18-6-5-7-20(8-18)25(26,27)14-33/h5-10,15-16,19,33H,11-14H2,1-4H3,(H,29,31)/t15-,16+,19+/m0/s1. The zero-order valence-corrected chi connectivity index (χ0v) is 19.9. The third-order valence-corrected chi connectivity index (χ3v) is 6.60. The number of aliphatic hydroxyl groups excluding tert-OH is 1. The molecule has 3 aromatic rings. The molecule has 0 saturated carbocycles. The fourth-order valence-corrected chi connectivity index (χ4v) is 4.27. The number of hydrogen-bond donors (Lipinski definition) is 2. The summed E-state index contributed by atoms with van der Waals surface area (Å²) < 4.78 is 33.6. The molecule has 1 aliphatic rings. The Balaban J connectivity index is 1.61. The Kier molecular flexibility index (Phi) is 6.95. The van der Waals surface area contributed by atoms with E-state index in [1.165, 1.54) is 12.1 Å². The first-order chi connectivity index (χ1) is 16.2. The number of benzene rings is 1. The van der Waals surface area contributed by atoms with Crippen molar-refractivity contribution in [2.45, 2.75) is 32.7 Å². The minimum Gasteiger partial charge on any atom is -0.390 e. The molecule has 1 fully saturated rings. The lowest BCUT2D eigenvalue weighted by Crippen LogP contribution is -2.28. The number of alkyl halides is 2. The van der Waals surface area contributed by atoms with Crippen LogP contribution in [0.2, 0.25) is 0 Å². The van der Waals surface area contributed by atoms with Crippen molar-refractivity contribution in [3.63, 3.8) is 0 Å². The lowest BCUT2D eigenvalue weighted by atomic mass is 9.97. The number of nitrogens with one attached hydrogen (secondary N) is 1. The van der Waals surface area contributed by atoms with Gasteiger partial charge in [-0.3, -0.25) is 4.98 Å². The summed E-state index contributed by atoms with van der Waals surface area (Å²) in [4.78, 5) is 6.82. The van der Waals surface area contributed by atoms with Gasteiger partial charge in [0.25, 0.3) is 5.92 Å². The van der Waals surface area contributed by atoms with E-state index in [4.69, 9.17) is 9.84 Å². The summed E-state index contributed by atoms with van der Waals surface area (Å²) in [6.07, 6.45) is 1.84. The minimum atomic E-state index is -3.29. The first kappa shape index (κ1) is 24.2. The number of rotatable bonds is 8. The Morgan fingerprint density at radius 1 is 1.26 bits per heavy atom. The fourth-order valence-electron chi connectivity index (χ4n) is 4.27. The largest absolute Gasteiger partial charge is 0.390 e. The number of aliphatic hydroxyl groups is 1. The van der Waals surface area contributed by atoms with Crippen LogP contribution in [0.1, 0.15) is 36.7 Å². The number of aromatic nitrogens is 3. The van der Waals surface area contributed by atoms with E-state index in [1.807, 2.05) is 33.2 Å². The Labute approximate surface area is 198 Å². The van der Waals surface area contributed by atoms with Crippen LogP contribution >= 0.6 is 0 Å². The maximum Gasteiger partial charge on any atom is 0.295 e. The number of fused-ring (bicyclic) bond motifs is 1. The van der Waals surface area contributed by atoms with E-state index in [2.05, 4.69) is 32.3 Å². The highest BCUT2D eigenvalue weighted by Gasteiger charge is 2.31. The average molecular weight is 472 g/mol. The number of hydrogen-bond acceptors (Lipinski definition) is 7. The maximum absolute atomic E-state index is 14.0. The summed E-state index contributed by atoms with van der Waals surface area (Å²) in [6.45, 7) is 7.11. The monoisotopic (exact) mass is 471 g/mol. The molecule has 0 aliphatic carbocycles. The van der Waals surface area contributed by atoms with Crippen LogP contribution in [0.25, 0.3) is 10.9 Å². The van der Waals surface area contributed by atoms with E-state index in [0.29, 0.717) is 28.9 Å². The van der Waals surface area contributed by atoms with Gasteiger partial charge in [-0.2, -0.15) is 13.9 Å². The molecular weight excluding hydrogens is 440 g/mol. The second kappa shape index (κ2) is 9.76. The van der Waals surface area contributed by atoms with Crippen LogP contribution in [-0.2, 0) is 10.7 Å². The normalized spacial score (nSPS) is 19.4. The molecule has 2 aromatic heterocycles. The van der Waals surface area contributed by atoms with E-state index >= 15 is 0 Å². The van der Waals surface area contributed by atoms with Crippen molar-refractivity contribution in [1.29, 1.82) is 0 Å². The molecule has 3 atom stereocenters. The highest BCUT2D eigenvalue weighted by molar-refractivity contribution is 5.92. The molecule has 34 heavy (non-hydrogen) atoms. The molecule has 9 heteroatoms. The number of ether oxygens (including phenoxy) is 1. The summed E-state index contributed by atoms with van der Waals surface area (Å²) in [5.41, 5.74) is 2.83. The minimum absolute atomic E-state index is 0.225. The fraction of sp³-hybridized carbons (Fsp3) is 0.480. The van der Waals surface area contributed by atoms with E-state index in [1.54, 1.807) is 12.1 Å². The van der Waals surface area contributed by atoms with Gasteiger partial charge in [-0.05, 0) is 37.5 Å². The number of anilines is 2. The predicted octanol–water partition coefficient (Wildman–Crippen LogP) is 4.31. The van der Waals surface area contributed by atoms with Gasteiger partial charge in [0.05, 0.1) is 35.7 Å². The van der Waals surface area contributed by atoms with Crippen molar-refractivity contribution in [3.8, 4) is 0 Å². The third kappa shape index (κ3) is 4.95. The Hall–Kier alpha value is -2.91. The Morgan fingerprint density at radius 3 is 2.76 bits per heavy atom. The molecule has 1 aliphatic heterocycles. The van der Waals surface area contributed by atoms with Crippen LogP contribution < -0.4 is 10.2 Å². The first-order valence-corrected chi connectivity index (χ1v) is 11.5. The molecule has 4 rings (SSSR count). The van der Waals surface area contributed by atoms with Crippen molar-refractivity contribution in [2.75, 3.05) is 43.6 Å². The lowest BCUT2D eigenvalue weighted by molar-refractivity contribution is -0.0556. The molecule has 2 N–H and O–H groups in total. The van der Waals surface area contributed by atoms with E-state index in [9.17, 15) is 8.78 Å². The maximum atomic E-state index is 14.0. The van der Waals surface area contributed by atoms with Gasteiger partial charge < -0.3 is 20.1 Å². The second-order valence-corrected chi connectivity index (χ2v) is 9.23. The molecule has 0 spiro atoms. The zero-order valence-electron chi connectivity index (χ0n) is 19.9. The van der Waals surface area contributed by atoms with E-state index in [0.717, 1.165) is 36.3 Å². The van der Waals surface area contributed by atoms with Crippen molar-refractivity contribution < 1.29 is 18.6 Å². The average Bonchev–Trinajstić information content (AvgIpc) is 3.24. The zero-order chi connectivity index (χ0) is 24.5. The molecule has 0 bridgehead atoms.